The predicted octanol–water partition coefficient (Wildman–Crippen LogP) is 3.27. The number of thiophene rings is 1. The minimum Gasteiger partial charge on any atom is -0.382 e. The number of rotatable bonds is 7. The lowest BCUT2D eigenvalue weighted by molar-refractivity contribution is 0.0760. The third-order valence-corrected chi connectivity index (χ3v) is 4.85. The molecule has 0 aliphatic rings. The summed E-state index contributed by atoms with van der Waals surface area (Å²) in [6.45, 7) is 6.13. The minimum absolute atomic E-state index is 0.0505. The van der Waals surface area contributed by atoms with Gasteiger partial charge in [0.25, 0.3) is 5.91 Å². The summed E-state index contributed by atoms with van der Waals surface area (Å²) in [7, 11) is 0. The average Bonchev–Trinajstić information content (AvgIpc) is 3.11. The highest BCUT2D eigenvalue weighted by Crippen LogP contribution is 2.27. The number of hydrogen-bond acceptors (Lipinski definition) is 6. The van der Waals surface area contributed by atoms with Gasteiger partial charge in [-0.05, 0) is 24.8 Å². The van der Waals surface area contributed by atoms with Crippen LogP contribution in [0.15, 0.2) is 17.5 Å². The van der Waals surface area contributed by atoms with Gasteiger partial charge in [0.2, 0.25) is 0 Å². The number of nitrogens with two attached hydrogens (primary N) is 1. The molecule has 2 aromatic heterocycles. The third kappa shape index (κ3) is 3.95. The molecule has 0 aliphatic heterocycles. The lowest BCUT2D eigenvalue weighted by atomic mass is 10.3. The largest absolute Gasteiger partial charge is 0.382 e. The molecule has 2 heterocycles. The summed E-state index contributed by atoms with van der Waals surface area (Å²) in [6.07, 6.45) is 1.00. The number of carbonyl (C=O) groups is 1. The Bertz CT molecular complexity index is 580. The van der Waals surface area contributed by atoms with E-state index in [1.54, 1.807) is 16.2 Å². The number of anilines is 2. The van der Waals surface area contributed by atoms with Crippen molar-refractivity contribution in [1.29, 1.82) is 0 Å². The van der Waals surface area contributed by atoms with Crippen LogP contribution in [-0.4, -0.2) is 28.9 Å². The molecule has 0 fully saturated rings. The first-order valence-electron chi connectivity index (χ1n) is 6.97. The van der Waals surface area contributed by atoms with Gasteiger partial charge >= 0.3 is 0 Å². The number of nitrogens with zero attached hydrogens (tertiary/aromatic N) is 2. The van der Waals surface area contributed by atoms with E-state index in [-0.39, 0.29) is 5.91 Å². The van der Waals surface area contributed by atoms with Crippen LogP contribution >= 0.6 is 22.7 Å². The fourth-order valence-corrected chi connectivity index (χ4v) is 3.45. The lowest BCUT2D eigenvalue weighted by Gasteiger charge is -2.19. The van der Waals surface area contributed by atoms with Crippen LogP contribution in [0.5, 0.6) is 0 Å². The first kappa shape index (κ1) is 15.8. The van der Waals surface area contributed by atoms with Gasteiger partial charge in [-0.1, -0.05) is 24.3 Å². The SMILES string of the molecule is CCCNc1nc(N)c(C(=O)N(CC)Cc2cccs2)s1. The van der Waals surface area contributed by atoms with E-state index in [0.717, 1.165) is 17.8 Å². The van der Waals surface area contributed by atoms with Crippen LogP contribution in [0.25, 0.3) is 0 Å². The van der Waals surface area contributed by atoms with Crippen molar-refractivity contribution in [1.82, 2.24) is 9.88 Å². The Labute approximate surface area is 132 Å². The van der Waals surface area contributed by atoms with E-state index in [4.69, 9.17) is 5.73 Å². The molecular weight excluding hydrogens is 304 g/mol. The molecule has 0 saturated heterocycles. The molecule has 1 amide bonds. The van der Waals surface area contributed by atoms with Gasteiger partial charge < -0.3 is 16.0 Å². The third-order valence-electron chi connectivity index (χ3n) is 2.97. The fourth-order valence-electron chi connectivity index (χ4n) is 1.85. The van der Waals surface area contributed by atoms with Crippen LogP contribution in [0.3, 0.4) is 0 Å². The summed E-state index contributed by atoms with van der Waals surface area (Å²) in [4.78, 5) is 20.3. The number of amides is 1. The Morgan fingerprint density at radius 1 is 1.48 bits per heavy atom. The van der Waals surface area contributed by atoms with Crippen LogP contribution in [0, 0.1) is 0 Å². The molecule has 0 radical (unpaired) electrons. The van der Waals surface area contributed by atoms with E-state index in [1.807, 2.05) is 24.4 Å². The van der Waals surface area contributed by atoms with Gasteiger partial charge in [-0.25, -0.2) is 4.98 Å². The molecule has 0 saturated carbocycles. The van der Waals surface area contributed by atoms with Crippen molar-refractivity contribution in [3.63, 3.8) is 0 Å². The van der Waals surface area contributed by atoms with Gasteiger partial charge in [-0.3, -0.25) is 4.79 Å². The smallest absolute Gasteiger partial charge is 0.268 e. The number of hydrogen-bond donors (Lipinski definition) is 2. The number of nitrogen functional groups attached to an aromatic ring is 1. The molecule has 0 atom stereocenters. The Morgan fingerprint density at radius 2 is 2.29 bits per heavy atom. The van der Waals surface area contributed by atoms with Crippen molar-refractivity contribution < 1.29 is 4.79 Å². The molecule has 21 heavy (non-hydrogen) atoms. The van der Waals surface area contributed by atoms with Crippen LogP contribution in [0.4, 0.5) is 10.9 Å². The van der Waals surface area contributed by atoms with Crippen LogP contribution in [0.1, 0.15) is 34.8 Å². The van der Waals surface area contributed by atoms with E-state index in [1.165, 1.54) is 11.3 Å². The number of nitrogens with one attached hydrogen (secondary N) is 1. The van der Waals surface area contributed by atoms with Gasteiger partial charge in [0, 0.05) is 18.0 Å². The first-order valence-corrected chi connectivity index (χ1v) is 8.67. The van der Waals surface area contributed by atoms with E-state index < -0.39 is 0 Å². The highest BCUT2D eigenvalue weighted by molar-refractivity contribution is 7.18. The zero-order valence-corrected chi connectivity index (χ0v) is 13.9. The summed E-state index contributed by atoms with van der Waals surface area (Å²) in [5, 5.41) is 5.90. The Hall–Kier alpha value is -1.60. The Balaban J connectivity index is 2.11. The molecule has 3 N–H and O–H groups in total. The van der Waals surface area contributed by atoms with Crippen LogP contribution in [-0.2, 0) is 6.54 Å². The molecule has 5 nitrogen and oxygen atoms in total. The first-order chi connectivity index (χ1) is 10.2. The van der Waals surface area contributed by atoms with E-state index in [0.29, 0.717) is 28.9 Å². The Kier molecular flexibility index (Phi) is 5.58. The molecule has 0 spiro atoms. The predicted molar refractivity (Wildman–Crippen MR) is 90.0 cm³/mol. The molecule has 2 aromatic rings. The summed E-state index contributed by atoms with van der Waals surface area (Å²) >= 11 is 2.98. The highest BCUT2D eigenvalue weighted by atomic mass is 32.1. The van der Waals surface area contributed by atoms with Crippen molar-refractivity contribution in [2.24, 2.45) is 0 Å². The average molecular weight is 324 g/mol. The van der Waals surface area contributed by atoms with Crippen molar-refractivity contribution in [3.8, 4) is 0 Å². The van der Waals surface area contributed by atoms with Crippen molar-refractivity contribution >= 4 is 39.5 Å². The molecule has 0 unspecified atom stereocenters. The lowest BCUT2D eigenvalue weighted by Crippen LogP contribution is -2.29. The number of carbonyl (C=O) groups excluding carboxylic acids is 1. The molecule has 0 bridgehead atoms. The molecule has 114 valence electrons. The summed E-state index contributed by atoms with van der Waals surface area (Å²) < 4.78 is 0. The van der Waals surface area contributed by atoms with Gasteiger partial charge in [0.15, 0.2) is 5.13 Å². The van der Waals surface area contributed by atoms with Crippen molar-refractivity contribution in [3.05, 3.63) is 27.3 Å². The maximum atomic E-state index is 12.6. The Morgan fingerprint density at radius 3 is 2.90 bits per heavy atom. The van der Waals surface area contributed by atoms with Crippen molar-refractivity contribution in [2.75, 3.05) is 24.1 Å². The monoisotopic (exact) mass is 324 g/mol. The van der Waals surface area contributed by atoms with Gasteiger partial charge in [0.05, 0.1) is 6.54 Å². The zero-order chi connectivity index (χ0) is 15.2. The van der Waals surface area contributed by atoms with E-state index in [9.17, 15) is 4.79 Å². The molecule has 7 heteroatoms. The normalized spacial score (nSPS) is 10.6. The number of aromatic nitrogens is 1. The quantitative estimate of drug-likeness (QED) is 0.820. The molecule has 2 rings (SSSR count). The topological polar surface area (TPSA) is 71.2 Å². The second-order valence-corrected chi connectivity index (χ2v) is 6.59. The maximum Gasteiger partial charge on any atom is 0.268 e. The van der Waals surface area contributed by atoms with Gasteiger partial charge in [0.1, 0.15) is 10.7 Å². The fraction of sp³-hybridized carbons (Fsp3) is 0.429. The zero-order valence-electron chi connectivity index (χ0n) is 12.3. The van der Waals surface area contributed by atoms with Gasteiger partial charge in [-0.15, -0.1) is 11.3 Å². The second kappa shape index (κ2) is 7.42. The van der Waals surface area contributed by atoms with E-state index >= 15 is 0 Å². The summed E-state index contributed by atoms with van der Waals surface area (Å²) in [5.41, 5.74) is 5.89. The maximum absolute atomic E-state index is 12.6. The highest BCUT2D eigenvalue weighted by Gasteiger charge is 2.21. The molecule has 0 aliphatic carbocycles. The molecule has 0 aromatic carbocycles. The summed E-state index contributed by atoms with van der Waals surface area (Å²) in [5.74, 6) is 0.263. The van der Waals surface area contributed by atoms with Crippen molar-refractivity contribution in [2.45, 2.75) is 26.8 Å². The van der Waals surface area contributed by atoms with Crippen LogP contribution < -0.4 is 11.1 Å². The van der Waals surface area contributed by atoms with E-state index in [2.05, 4.69) is 17.2 Å². The number of thiazole rings is 1. The molecular formula is C14H20N4OS2. The van der Waals surface area contributed by atoms with Crippen LogP contribution in [0.2, 0.25) is 0 Å². The van der Waals surface area contributed by atoms with Gasteiger partial charge in [-0.2, -0.15) is 0 Å². The summed E-state index contributed by atoms with van der Waals surface area (Å²) in [6, 6.07) is 4.02. The minimum atomic E-state index is -0.0505. The standard InChI is InChI=1S/C14H20N4OS2/c1-3-7-16-14-17-12(15)11(21-14)13(19)18(4-2)9-10-6-5-8-20-10/h5-6,8H,3-4,7,9,15H2,1-2H3,(H,16,17). The second-order valence-electron chi connectivity index (χ2n) is 4.56.